The zero-order valence-electron chi connectivity index (χ0n) is 12.5. The molecule has 6 heteroatoms. The summed E-state index contributed by atoms with van der Waals surface area (Å²) in [5.41, 5.74) is -0.204. The SMILES string of the molecule is CO[C@@H]1CO[C@@]2(CCCN(C(=O)c3ccc(F)c(F)c3)C2)C1. The topological polar surface area (TPSA) is 38.8 Å². The average Bonchev–Trinajstić information content (AvgIpc) is 2.92. The van der Waals surface area contributed by atoms with Crippen LogP contribution in [0.25, 0.3) is 0 Å². The van der Waals surface area contributed by atoms with Crippen LogP contribution in [-0.2, 0) is 9.47 Å². The number of nitrogens with zero attached hydrogens (tertiary/aromatic N) is 1. The van der Waals surface area contributed by atoms with Crippen molar-refractivity contribution in [3.8, 4) is 0 Å². The van der Waals surface area contributed by atoms with E-state index in [2.05, 4.69) is 0 Å². The average molecular weight is 311 g/mol. The highest BCUT2D eigenvalue weighted by atomic mass is 19.2. The molecule has 0 aromatic heterocycles. The zero-order chi connectivity index (χ0) is 15.7. The molecule has 1 aromatic rings. The number of ether oxygens (including phenoxy) is 2. The number of carbonyl (C=O) groups excluding carboxylic acids is 1. The van der Waals surface area contributed by atoms with Crippen LogP contribution in [0.3, 0.4) is 0 Å². The van der Waals surface area contributed by atoms with Crippen LogP contribution in [0.1, 0.15) is 29.6 Å². The van der Waals surface area contributed by atoms with E-state index in [0.29, 0.717) is 19.7 Å². The number of benzene rings is 1. The molecule has 1 aromatic carbocycles. The molecule has 0 unspecified atom stereocenters. The summed E-state index contributed by atoms with van der Waals surface area (Å²) in [7, 11) is 1.65. The lowest BCUT2D eigenvalue weighted by Crippen LogP contribution is -2.50. The molecule has 4 nitrogen and oxygen atoms in total. The standard InChI is InChI=1S/C16H19F2NO3/c1-21-12-8-16(22-9-12)5-2-6-19(10-16)15(20)11-3-4-13(17)14(18)7-11/h3-4,7,12H,2,5-6,8-10H2,1H3/t12-,16-/m0/s1. The Kier molecular flexibility index (Phi) is 4.14. The number of hydrogen-bond acceptors (Lipinski definition) is 3. The molecule has 2 aliphatic rings. The quantitative estimate of drug-likeness (QED) is 0.842. The summed E-state index contributed by atoms with van der Waals surface area (Å²) in [5, 5.41) is 0. The van der Waals surface area contributed by atoms with Crippen LogP contribution in [0.5, 0.6) is 0 Å². The fraction of sp³-hybridized carbons (Fsp3) is 0.562. The minimum atomic E-state index is -1.01. The number of piperidine rings is 1. The van der Waals surface area contributed by atoms with Gasteiger partial charge in [0.05, 0.1) is 24.9 Å². The second kappa shape index (κ2) is 5.93. The van der Waals surface area contributed by atoms with Crippen molar-refractivity contribution in [2.75, 3.05) is 26.8 Å². The van der Waals surface area contributed by atoms with Gasteiger partial charge in [0.15, 0.2) is 11.6 Å². The van der Waals surface area contributed by atoms with Crippen molar-refractivity contribution < 1.29 is 23.0 Å². The van der Waals surface area contributed by atoms with Gasteiger partial charge in [-0.1, -0.05) is 0 Å². The summed E-state index contributed by atoms with van der Waals surface area (Å²) >= 11 is 0. The molecule has 0 bridgehead atoms. The van der Waals surface area contributed by atoms with Gasteiger partial charge in [-0.3, -0.25) is 4.79 Å². The first-order valence-electron chi connectivity index (χ1n) is 7.44. The number of carbonyl (C=O) groups is 1. The van der Waals surface area contributed by atoms with Gasteiger partial charge in [-0.25, -0.2) is 8.78 Å². The Hall–Kier alpha value is -1.53. The Morgan fingerprint density at radius 3 is 2.91 bits per heavy atom. The second-order valence-electron chi connectivity index (χ2n) is 6.02. The second-order valence-corrected chi connectivity index (χ2v) is 6.02. The predicted octanol–water partition coefficient (Wildman–Crippen LogP) is 2.37. The summed E-state index contributed by atoms with van der Waals surface area (Å²) in [4.78, 5) is 14.2. The van der Waals surface area contributed by atoms with Gasteiger partial charge in [0.2, 0.25) is 0 Å². The molecule has 1 amide bonds. The van der Waals surface area contributed by atoms with Gasteiger partial charge < -0.3 is 14.4 Å². The van der Waals surface area contributed by atoms with E-state index in [0.717, 1.165) is 31.4 Å². The third kappa shape index (κ3) is 2.85. The van der Waals surface area contributed by atoms with Crippen molar-refractivity contribution in [3.05, 3.63) is 35.4 Å². The predicted molar refractivity (Wildman–Crippen MR) is 75.6 cm³/mol. The molecule has 0 radical (unpaired) electrons. The summed E-state index contributed by atoms with van der Waals surface area (Å²) in [5.74, 6) is -2.25. The maximum absolute atomic E-state index is 13.3. The van der Waals surface area contributed by atoms with Crippen LogP contribution in [0.2, 0.25) is 0 Å². The molecular weight excluding hydrogens is 292 g/mol. The van der Waals surface area contributed by atoms with Gasteiger partial charge >= 0.3 is 0 Å². The minimum Gasteiger partial charge on any atom is -0.379 e. The Bertz CT molecular complexity index is 581. The maximum atomic E-state index is 13.3. The molecule has 22 heavy (non-hydrogen) atoms. The summed E-state index contributed by atoms with van der Waals surface area (Å²) in [6.07, 6.45) is 2.52. The van der Waals surface area contributed by atoms with Gasteiger partial charge in [-0.15, -0.1) is 0 Å². The van der Waals surface area contributed by atoms with Gasteiger partial charge in [0.25, 0.3) is 5.91 Å². The van der Waals surface area contributed by atoms with E-state index < -0.39 is 11.6 Å². The normalized spacial score (nSPS) is 28.3. The zero-order valence-corrected chi connectivity index (χ0v) is 12.5. The number of methoxy groups -OCH3 is 1. The van der Waals surface area contributed by atoms with Crippen molar-refractivity contribution in [1.82, 2.24) is 4.90 Å². The van der Waals surface area contributed by atoms with E-state index >= 15 is 0 Å². The molecule has 120 valence electrons. The summed E-state index contributed by atoms with van der Waals surface area (Å²) in [6, 6.07) is 3.25. The number of likely N-dealkylation sites (tertiary alicyclic amines) is 1. The molecule has 2 atom stereocenters. The van der Waals surface area contributed by atoms with E-state index in [-0.39, 0.29) is 23.2 Å². The molecular formula is C16H19F2NO3. The van der Waals surface area contributed by atoms with Crippen LogP contribution >= 0.6 is 0 Å². The first-order valence-corrected chi connectivity index (χ1v) is 7.44. The molecule has 0 N–H and O–H groups in total. The highest BCUT2D eigenvalue weighted by Crippen LogP contribution is 2.36. The van der Waals surface area contributed by atoms with Crippen molar-refractivity contribution in [1.29, 1.82) is 0 Å². The van der Waals surface area contributed by atoms with Crippen LogP contribution in [-0.4, -0.2) is 49.3 Å². The Morgan fingerprint density at radius 2 is 2.23 bits per heavy atom. The molecule has 2 fully saturated rings. The van der Waals surface area contributed by atoms with Crippen molar-refractivity contribution >= 4 is 5.91 Å². The monoisotopic (exact) mass is 311 g/mol. The van der Waals surface area contributed by atoms with E-state index in [4.69, 9.17) is 9.47 Å². The van der Waals surface area contributed by atoms with Crippen LogP contribution < -0.4 is 0 Å². The molecule has 3 rings (SSSR count). The summed E-state index contributed by atoms with van der Waals surface area (Å²) in [6.45, 7) is 1.59. The molecule has 2 heterocycles. The lowest BCUT2D eigenvalue weighted by atomic mass is 9.89. The third-order valence-corrected chi connectivity index (χ3v) is 4.50. The van der Waals surface area contributed by atoms with Crippen LogP contribution in [0.4, 0.5) is 8.78 Å². The Morgan fingerprint density at radius 1 is 1.41 bits per heavy atom. The highest BCUT2D eigenvalue weighted by Gasteiger charge is 2.44. The number of halogens is 2. The van der Waals surface area contributed by atoms with E-state index in [1.807, 2.05) is 0 Å². The van der Waals surface area contributed by atoms with E-state index in [9.17, 15) is 13.6 Å². The fourth-order valence-electron chi connectivity index (χ4n) is 3.32. The maximum Gasteiger partial charge on any atom is 0.254 e. The first kappa shape index (κ1) is 15.4. The molecule has 2 aliphatic heterocycles. The number of hydrogen-bond donors (Lipinski definition) is 0. The first-order chi connectivity index (χ1) is 10.5. The lowest BCUT2D eigenvalue weighted by Gasteiger charge is -2.39. The third-order valence-electron chi connectivity index (χ3n) is 4.50. The Balaban J connectivity index is 1.74. The van der Waals surface area contributed by atoms with E-state index in [1.165, 1.54) is 6.07 Å². The van der Waals surface area contributed by atoms with Gasteiger partial charge in [0.1, 0.15) is 0 Å². The Labute approximate surface area is 128 Å². The minimum absolute atomic E-state index is 0.0540. The molecule has 0 aliphatic carbocycles. The number of rotatable bonds is 2. The van der Waals surface area contributed by atoms with Crippen LogP contribution in [0, 0.1) is 11.6 Å². The molecule has 1 spiro atoms. The molecule has 0 saturated carbocycles. The highest BCUT2D eigenvalue weighted by molar-refractivity contribution is 5.94. The van der Waals surface area contributed by atoms with Crippen molar-refractivity contribution in [2.24, 2.45) is 0 Å². The van der Waals surface area contributed by atoms with Gasteiger partial charge in [-0.2, -0.15) is 0 Å². The van der Waals surface area contributed by atoms with Crippen molar-refractivity contribution in [3.63, 3.8) is 0 Å². The smallest absolute Gasteiger partial charge is 0.254 e. The largest absolute Gasteiger partial charge is 0.379 e. The molecule has 2 saturated heterocycles. The number of amides is 1. The van der Waals surface area contributed by atoms with Gasteiger partial charge in [0, 0.05) is 25.6 Å². The van der Waals surface area contributed by atoms with Crippen LogP contribution in [0.15, 0.2) is 18.2 Å². The fourth-order valence-corrected chi connectivity index (χ4v) is 3.32. The summed E-state index contributed by atoms with van der Waals surface area (Å²) < 4.78 is 37.5. The van der Waals surface area contributed by atoms with Gasteiger partial charge in [-0.05, 0) is 31.0 Å². The van der Waals surface area contributed by atoms with Crippen molar-refractivity contribution in [2.45, 2.75) is 31.0 Å². The van der Waals surface area contributed by atoms with E-state index in [1.54, 1.807) is 12.0 Å². The lowest BCUT2D eigenvalue weighted by molar-refractivity contribution is -0.0458.